The van der Waals surface area contributed by atoms with Gasteiger partial charge in [-0.25, -0.2) is 0 Å². The molecule has 4 heteroatoms. The number of para-hydroxylation sites is 1. The van der Waals surface area contributed by atoms with Crippen molar-refractivity contribution in [3.05, 3.63) is 29.8 Å². The molecule has 0 saturated carbocycles. The Morgan fingerprint density at radius 2 is 2.10 bits per heavy atom. The Bertz CT molecular complexity index is 422. The van der Waals surface area contributed by atoms with E-state index in [9.17, 15) is 0 Å². The highest BCUT2D eigenvalue weighted by Crippen LogP contribution is 2.33. The summed E-state index contributed by atoms with van der Waals surface area (Å²) < 4.78 is 17.3. The fourth-order valence-corrected chi connectivity index (χ4v) is 2.52. The number of ether oxygens (including phenoxy) is 3. The molecule has 0 bridgehead atoms. The first kappa shape index (κ1) is 16.3. The van der Waals surface area contributed by atoms with Gasteiger partial charge in [0.2, 0.25) is 0 Å². The standard InChI is InChI=1S/C17H27NO3/c1-4-18-17-14-7-5-6-8-15(14)21-12-16(17)20-10-9-19-11-13(2)3/h5-8,13,16-18H,4,9-12H2,1-3H3. The molecule has 1 heterocycles. The number of benzene rings is 1. The molecule has 21 heavy (non-hydrogen) atoms. The fourth-order valence-electron chi connectivity index (χ4n) is 2.52. The molecule has 0 aliphatic carbocycles. The number of nitrogens with one attached hydrogen (secondary N) is 1. The zero-order valence-corrected chi connectivity index (χ0v) is 13.3. The zero-order valence-electron chi connectivity index (χ0n) is 13.3. The molecular formula is C17H27NO3. The largest absolute Gasteiger partial charge is 0.490 e. The summed E-state index contributed by atoms with van der Waals surface area (Å²) in [7, 11) is 0. The summed E-state index contributed by atoms with van der Waals surface area (Å²) in [5, 5.41) is 3.50. The van der Waals surface area contributed by atoms with Crippen molar-refractivity contribution in [2.45, 2.75) is 32.9 Å². The quantitative estimate of drug-likeness (QED) is 0.748. The molecule has 1 aliphatic heterocycles. The number of rotatable bonds is 8. The van der Waals surface area contributed by atoms with Crippen LogP contribution in [0.25, 0.3) is 0 Å². The Kier molecular flexibility index (Phi) is 6.49. The Balaban J connectivity index is 1.87. The van der Waals surface area contributed by atoms with E-state index in [1.165, 1.54) is 5.56 Å². The highest BCUT2D eigenvalue weighted by Gasteiger charge is 2.30. The molecule has 1 aromatic rings. The molecule has 0 spiro atoms. The highest BCUT2D eigenvalue weighted by molar-refractivity contribution is 5.38. The van der Waals surface area contributed by atoms with E-state index < -0.39 is 0 Å². The van der Waals surface area contributed by atoms with E-state index >= 15 is 0 Å². The second kappa shape index (κ2) is 8.37. The molecule has 2 rings (SSSR count). The number of fused-ring (bicyclic) bond motifs is 1. The third kappa shape index (κ3) is 4.70. The van der Waals surface area contributed by atoms with Crippen molar-refractivity contribution in [2.24, 2.45) is 5.92 Å². The van der Waals surface area contributed by atoms with Gasteiger partial charge < -0.3 is 19.5 Å². The van der Waals surface area contributed by atoms with Crippen molar-refractivity contribution >= 4 is 0 Å². The van der Waals surface area contributed by atoms with Crippen LogP contribution in [0.3, 0.4) is 0 Å². The van der Waals surface area contributed by atoms with E-state index in [0.29, 0.717) is 25.7 Å². The molecule has 0 amide bonds. The van der Waals surface area contributed by atoms with E-state index in [-0.39, 0.29) is 12.1 Å². The predicted octanol–water partition coefficient (Wildman–Crippen LogP) is 2.79. The van der Waals surface area contributed by atoms with Gasteiger partial charge in [-0.3, -0.25) is 0 Å². The van der Waals surface area contributed by atoms with Crippen LogP contribution < -0.4 is 10.1 Å². The van der Waals surface area contributed by atoms with Crippen molar-refractivity contribution in [2.75, 3.05) is 33.0 Å². The zero-order chi connectivity index (χ0) is 15.1. The van der Waals surface area contributed by atoms with Crippen LogP contribution in [0.15, 0.2) is 24.3 Å². The third-order valence-corrected chi connectivity index (χ3v) is 3.46. The predicted molar refractivity (Wildman–Crippen MR) is 83.8 cm³/mol. The molecule has 118 valence electrons. The van der Waals surface area contributed by atoms with Gasteiger partial charge in [0.1, 0.15) is 18.5 Å². The molecule has 0 radical (unpaired) electrons. The molecule has 1 aliphatic rings. The number of hydrogen-bond acceptors (Lipinski definition) is 4. The molecular weight excluding hydrogens is 266 g/mol. The lowest BCUT2D eigenvalue weighted by Gasteiger charge is -2.34. The minimum absolute atomic E-state index is 0.0301. The van der Waals surface area contributed by atoms with Gasteiger partial charge in [-0.1, -0.05) is 39.0 Å². The van der Waals surface area contributed by atoms with E-state index in [2.05, 4.69) is 32.2 Å². The van der Waals surface area contributed by atoms with Crippen LogP contribution in [-0.4, -0.2) is 39.1 Å². The lowest BCUT2D eigenvalue weighted by molar-refractivity contribution is -0.0420. The highest BCUT2D eigenvalue weighted by atomic mass is 16.6. The van der Waals surface area contributed by atoms with Crippen LogP contribution >= 0.6 is 0 Å². The molecule has 0 saturated heterocycles. The Morgan fingerprint density at radius 1 is 1.29 bits per heavy atom. The smallest absolute Gasteiger partial charge is 0.124 e. The Labute approximate surface area is 127 Å². The van der Waals surface area contributed by atoms with Crippen LogP contribution in [-0.2, 0) is 9.47 Å². The lowest BCUT2D eigenvalue weighted by Crippen LogP contribution is -2.41. The van der Waals surface area contributed by atoms with Gasteiger partial charge in [-0.05, 0) is 18.5 Å². The summed E-state index contributed by atoms with van der Waals surface area (Å²) in [6.45, 7) is 9.91. The summed E-state index contributed by atoms with van der Waals surface area (Å²) in [6, 6.07) is 8.35. The maximum Gasteiger partial charge on any atom is 0.124 e. The van der Waals surface area contributed by atoms with Gasteiger partial charge in [-0.15, -0.1) is 0 Å². The van der Waals surface area contributed by atoms with Gasteiger partial charge in [0.05, 0.1) is 19.3 Å². The molecule has 2 atom stereocenters. The molecule has 1 aromatic carbocycles. The number of hydrogen-bond donors (Lipinski definition) is 1. The Morgan fingerprint density at radius 3 is 2.86 bits per heavy atom. The molecule has 1 N–H and O–H groups in total. The summed E-state index contributed by atoms with van der Waals surface area (Å²) in [6.07, 6.45) is 0.0301. The van der Waals surface area contributed by atoms with Crippen LogP contribution in [0.1, 0.15) is 32.4 Å². The average molecular weight is 293 g/mol. The number of likely N-dealkylation sites (N-methyl/N-ethyl adjacent to an activating group) is 1. The first-order valence-corrected chi connectivity index (χ1v) is 7.86. The minimum atomic E-state index is 0.0301. The third-order valence-electron chi connectivity index (χ3n) is 3.46. The van der Waals surface area contributed by atoms with Gasteiger partial charge in [0, 0.05) is 12.2 Å². The van der Waals surface area contributed by atoms with Crippen LogP contribution in [0, 0.1) is 5.92 Å². The second-order valence-electron chi connectivity index (χ2n) is 5.76. The molecule has 0 aromatic heterocycles. The van der Waals surface area contributed by atoms with Crippen molar-refractivity contribution < 1.29 is 14.2 Å². The van der Waals surface area contributed by atoms with Crippen LogP contribution in [0.2, 0.25) is 0 Å². The van der Waals surface area contributed by atoms with Gasteiger partial charge in [0.15, 0.2) is 0 Å². The van der Waals surface area contributed by atoms with Gasteiger partial charge in [0.25, 0.3) is 0 Å². The van der Waals surface area contributed by atoms with E-state index in [4.69, 9.17) is 14.2 Å². The van der Waals surface area contributed by atoms with Crippen molar-refractivity contribution in [3.8, 4) is 5.75 Å². The van der Waals surface area contributed by atoms with Gasteiger partial charge >= 0.3 is 0 Å². The first-order chi connectivity index (χ1) is 10.2. The van der Waals surface area contributed by atoms with E-state index in [1.807, 2.05) is 18.2 Å². The van der Waals surface area contributed by atoms with Gasteiger partial charge in [-0.2, -0.15) is 0 Å². The maximum atomic E-state index is 5.97. The fraction of sp³-hybridized carbons (Fsp3) is 0.647. The molecule has 2 unspecified atom stereocenters. The summed E-state index contributed by atoms with van der Waals surface area (Å²) >= 11 is 0. The molecule has 4 nitrogen and oxygen atoms in total. The van der Waals surface area contributed by atoms with Crippen LogP contribution in [0.4, 0.5) is 0 Å². The normalized spacial score (nSPS) is 21.1. The van der Waals surface area contributed by atoms with Crippen molar-refractivity contribution in [1.82, 2.24) is 5.32 Å². The van der Waals surface area contributed by atoms with E-state index in [0.717, 1.165) is 18.9 Å². The lowest BCUT2D eigenvalue weighted by atomic mass is 9.98. The summed E-state index contributed by atoms with van der Waals surface area (Å²) in [4.78, 5) is 0. The Hall–Kier alpha value is -1.10. The minimum Gasteiger partial charge on any atom is -0.490 e. The SMILES string of the molecule is CCNC1c2ccccc2OCC1OCCOCC(C)C. The first-order valence-electron chi connectivity index (χ1n) is 7.86. The average Bonchev–Trinajstić information content (AvgIpc) is 2.48. The van der Waals surface area contributed by atoms with Crippen molar-refractivity contribution in [3.63, 3.8) is 0 Å². The van der Waals surface area contributed by atoms with Crippen molar-refractivity contribution in [1.29, 1.82) is 0 Å². The molecule has 0 fully saturated rings. The topological polar surface area (TPSA) is 39.7 Å². The van der Waals surface area contributed by atoms with E-state index in [1.54, 1.807) is 0 Å². The maximum absolute atomic E-state index is 5.97. The monoisotopic (exact) mass is 293 g/mol. The summed E-state index contributed by atoms with van der Waals surface area (Å²) in [5.41, 5.74) is 1.18. The van der Waals surface area contributed by atoms with Crippen LogP contribution in [0.5, 0.6) is 5.75 Å². The second-order valence-corrected chi connectivity index (χ2v) is 5.76. The summed E-state index contributed by atoms with van der Waals surface area (Å²) in [5.74, 6) is 1.52.